The Hall–Kier alpha value is -1.86. The van der Waals surface area contributed by atoms with E-state index in [1.807, 2.05) is 0 Å². The summed E-state index contributed by atoms with van der Waals surface area (Å²) in [6.07, 6.45) is 0.443. The first-order valence-corrected chi connectivity index (χ1v) is 4.38. The molecule has 1 aromatic rings. The van der Waals surface area contributed by atoms with Crippen LogP contribution in [0.2, 0.25) is 0 Å². The maximum atomic E-state index is 12.1. The molecule has 1 rings (SSSR count). The van der Waals surface area contributed by atoms with Gasteiger partial charge < -0.3 is 10.5 Å². The van der Waals surface area contributed by atoms with Gasteiger partial charge in [0.2, 0.25) is 0 Å². The summed E-state index contributed by atoms with van der Waals surface area (Å²) in [4.78, 5) is 3.26. The zero-order valence-corrected chi connectivity index (χ0v) is 8.11. The van der Waals surface area contributed by atoms with Crippen LogP contribution in [0.4, 0.5) is 10.1 Å². The van der Waals surface area contributed by atoms with Crippen molar-refractivity contribution in [1.82, 2.24) is 0 Å². The average Bonchev–Trinajstić information content (AvgIpc) is 2.31. The van der Waals surface area contributed by atoms with E-state index in [4.69, 9.17) is 17.0 Å². The molecular formula is C11H11FN2O. The molecule has 0 amide bonds. The number of ether oxygens (including phenoxy) is 1. The van der Waals surface area contributed by atoms with Crippen LogP contribution in [-0.4, -0.2) is 13.2 Å². The average molecular weight is 206 g/mol. The Labute approximate surface area is 87.8 Å². The van der Waals surface area contributed by atoms with Gasteiger partial charge in [0.05, 0.1) is 12.9 Å². The summed E-state index contributed by atoms with van der Waals surface area (Å²) in [7, 11) is 0. The van der Waals surface area contributed by atoms with Crippen LogP contribution in [0.3, 0.4) is 0 Å². The quantitative estimate of drug-likeness (QED) is 0.768. The van der Waals surface area contributed by atoms with Crippen molar-refractivity contribution in [3.63, 3.8) is 0 Å². The molecule has 0 fully saturated rings. The molecule has 78 valence electrons. The molecule has 4 heteroatoms. The summed E-state index contributed by atoms with van der Waals surface area (Å²) in [5.41, 5.74) is 6.14. The number of nitrogens with zero attached hydrogens (tertiary/aromatic N) is 1. The zero-order chi connectivity index (χ0) is 11.1. The molecule has 3 nitrogen and oxygen atoms in total. The first-order valence-electron chi connectivity index (χ1n) is 4.38. The number of hydrogen-bond donors (Lipinski definition) is 1. The van der Waals surface area contributed by atoms with Gasteiger partial charge in [-0.1, -0.05) is 12.1 Å². The van der Waals surface area contributed by atoms with E-state index in [-0.39, 0.29) is 13.2 Å². The third-order valence-electron chi connectivity index (χ3n) is 1.79. The standard InChI is InChI=1S/C11H11FN2O/c1-14-10-3-2-4-11(5-10)15-8-9(6-12)7-13/h2-6H,7-8,13H2/b9-6+. The van der Waals surface area contributed by atoms with Crippen molar-refractivity contribution in [2.45, 2.75) is 0 Å². The highest BCUT2D eigenvalue weighted by Gasteiger charge is 1.98. The van der Waals surface area contributed by atoms with Crippen LogP contribution in [0.15, 0.2) is 36.2 Å². The fourth-order valence-corrected chi connectivity index (χ4v) is 0.954. The van der Waals surface area contributed by atoms with Crippen molar-refractivity contribution >= 4 is 5.69 Å². The summed E-state index contributed by atoms with van der Waals surface area (Å²) >= 11 is 0. The van der Waals surface area contributed by atoms with E-state index in [1.165, 1.54) is 0 Å². The number of nitrogens with two attached hydrogens (primary N) is 1. The molecule has 15 heavy (non-hydrogen) atoms. The molecule has 0 unspecified atom stereocenters. The molecule has 0 spiro atoms. The second-order valence-electron chi connectivity index (χ2n) is 2.87. The second kappa shape index (κ2) is 5.78. The highest BCUT2D eigenvalue weighted by molar-refractivity contribution is 5.48. The molecule has 0 aliphatic rings. The van der Waals surface area contributed by atoms with Gasteiger partial charge in [0.1, 0.15) is 12.4 Å². The van der Waals surface area contributed by atoms with Gasteiger partial charge in [0.25, 0.3) is 0 Å². The van der Waals surface area contributed by atoms with Crippen molar-refractivity contribution in [3.05, 3.63) is 47.6 Å². The Balaban J connectivity index is 2.62. The van der Waals surface area contributed by atoms with E-state index in [0.717, 1.165) is 0 Å². The van der Waals surface area contributed by atoms with Crippen molar-refractivity contribution in [1.29, 1.82) is 0 Å². The van der Waals surface area contributed by atoms with Crippen LogP contribution < -0.4 is 10.5 Å². The molecule has 0 radical (unpaired) electrons. The topological polar surface area (TPSA) is 39.6 Å². The van der Waals surface area contributed by atoms with Crippen LogP contribution in [0.5, 0.6) is 5.75 Å². The molecule has 0 heterocycles. The number of rotatable bonds is 4. The van der Waals surface area contributed by atoms with Gasteiger partial charge >= 0.3 is 0 Å². The molecule has 0 atom stereocenters. The Morgan fingerprint density at radius 3 is 3.00 bits per heavy atom. The van der Waals surface area contributed by atoms with E-state index in [9.17, 15) is 4.39 Å². The Morgan fingerprint density at radius 1 is 1.60 bits per heavy atom. The molecule has 0 saturated heterocycles. The van der Waals surface area contributed by atoms with E-state index in [2.05, 4.69) is 4.85 Å². The molecule has 0 bridgehead atoms. The van der Waals surface area contributed by atoms with Gasteiger partial charge in [0, 0.05) is 12.1 Å². The molecule has 0 aromatic heterocycles. The van der Waals surface area contributed by atoms with Crippen LogP contribution in [0, 0.1) is 6.57 Å². The van der Waals surface area contributed by atoms with E-state index >= 15 is 0 Å². The maximum Gasteiger partial charge on any atom is 0.190 e. The van der Waals surface area contributed by atoms with Gasteiger partial charge in [-0.3, -0.25) is 0 Å². The predicted octanol–water partition coefficient (Wildman–Crippen LogP) is 2.43. The lowest BCUT2D eigenvalue weighted by Gasteiger charge is -2.06. The van der Waals surface area contributed by atoms with Crippen LogP contribution in [-0.2, 0) is 0 Å². The molecule has 1 aromatic carbocycles. The minimum atomic E-state index is 0.106. The van der Waals surface area contributed by atoms with Crippen molar-refractivity contribution in [2.24, 2.45) is 5.73 Å². The number of benzene rings is 1. The van der Waals surface area contributed by atoms with Crippen LogP contribution >= 0.6 is 0 Å². The summed E-state index contributed by atoms with van der Waals surface area (Å²) in [5, 5.41) is 0. The maximum absolute atomic E-state index is 12.1. The van der Waals surface area contributed by atoms with Crippen molar-refractivity contribution in [2.75, 3.05) is 13.2 Å². The van der Waals surface area contributed by atoms with Gasteiger partial charge in [-0.15, -0.1) is 0 Å². The van der Waals surface area contributed by atoms with Gasteiger partial charge in [-0.05, 0) is 12.1 Å². The van der Waals surface area contributed by atoms with Gasteiger partial charge in [0.15, 0.2) is 5.69 Å². The SMILES string of the molecule is [C-]#[N+]c1cccc(OC/C(=C/F)CN)c1. The highest BCUT2D eigenvalue weighted by atomic mass is 19.1. The Bertz CT molecular complexity index is 396. The smallest absolute Gasteiger partial charge is 0.190 e. The monoisotopic (exact) mass is 206 g/mol. The third-order valence-corrected chi connectivity index (χ3v) is 1.79. The molecule has 2 N–H and O–H groups in total. The minimum absolute atomic E-state index is 0.106. The summed E-state index contributed by atoms with van der Waals surface area (Å²) in [5.74, 6) is 0.538. The van der Waals surface area contributed by atoms with E-state index in [1.54, 1.807) is 24.3 Å². The van der Waals surface area contributed by atoms with Crippen LogP contribution in [0.1, 0.15) is 0 Å². The Morgan fingerprint density at radius 2 is 2.40 bits per heavy atom. The highest BCUT2D eigenvalue weighted by Crippen LogP contribution is 2.19. The van der Waals surface area contributed by atoms with E-state index in [0.29, 0.717) is 23.3 Å². The van der Waals surface area contributed by atoms with Gasteiger partial charge in [-0.25, -0.2) is 9.24 Å². The normalized spacial score (nSPS) is 10.9. The zero-order valence-electron chi connectivity index (χ0n) is 8.11. The fourth-order valence-electron chi connectivity index (χ4n) is 0.954. The lowest BCUT2D eigenvalue weighted by molar-refractivity contribution is 0.348. The first kappa shape index (κ1) is 11.2. The molecular weight excluding hydrogens is 195 g/mol. The first-order chi connectivity index (χ1) is 7.30. The lowest BCUT2D eigenvalue weighted by Crippen LogP contribution is -2.10. The molecule has 0 saturated carbocycles. The van der Waals surface area contributed by atoms with E-state index < -0.39 is 0 Å². The summed E-state index contributed by atoms with van der Waals surface area (Å²) in [6, 6.07) is 6.69. The fraction of sp³-hybridized carbons (Fsp3) is 0.182. The Kier molecular flexibility index (Phi) is 4.32. The van der Waals surface area contributed by atoms with Gasteiger partial charge in [-0.2, -0.15) is 0 Å². The summed E-state index contributed by atoms with van der Waals surface area (Å²) in [6.45, 7) is 7.04. The second-order valence-corrected chi connectivity index (χ2v) is 2.87. The minimum Gasteiger partial charge on any atom is -0.490 e. The third kappa shape index (κ3) is 3.41. The van der Waals surface area contributed by atoms with Crippen molar-refractivity contribution in [3.8, 4) is 5.75 Å². The molecule has 0 aliphatic carbocycles. The summed E-state index contributed by atoms with van der Waals surface area (Å²) < 4.78 is 17.4. The predicted molar refractivity (Wildman–Crippen MR) is 56.4 cm³/mol. The lowest BCUT2D eigenvalue weighted by atomic mass is 10.3. The number of hydrogen-bond acceptors (Lipinski definition) is 2. The largest absolute Gasteiger partial charge is 0.490 e. The van der Waals surface area contributed by atoms with Crippen molar-refractivity contribution < 1.29 is 9.13 Å². The molecule has 0 aliphatic heterocycles. The van der Waals surface area contributed by atoms with Crippen LogP contribution in [0.25, 0.3) is 4.85 Å². The number of halogens is 1.